The van der Waals surface area contributed by atoms with E-state index in [0.29, 0.717) is 11.8 Å². The molecule has 2 rings (SSSR count). The summed E-state index contributed by atoms with van der Waals surface area (Å²) in [6, 6.07) is 2.16. The van der Waals surface area contributed by atoms with Gasteiger partial charge in [0.2, 0.25) is 0 Å². The Balaban J connectivity index is 2.13. The molecule has 0 aromatic carbocycles. The number of rotatable bonds is 2. The zero-order valence-corrected chi connectivity index (χ0v) is 9.46. The van der Waals surface area contributed by atoms with Crippen molar-refractivity contribution in [2.24, 2.45) is 17.6 Å². The van der Waals surface area contributed by atoms with E-state index in [4.69, 9.17) is 5.73 Å². The normalized spacial score (nSPS) is 33.1. The van der Waals surface area contributed by atoms with E-state index in [1.807, 2.05) is 0 Å². The first kappa shape index (κ1) is 10.1. The molecule has 1 aromatic rings. The van der Waals surface area contributed by atoms with E-state index in [9.17, 15) is 0 Å². The summed E-state index contributed by atoms with van der Waals surface area (Å²) in [5.41, 5.74) is 7.10. The Morgan fingerprint density at radius 2 is 2.43 bits per heavy atom. The molecule has 0 aliphatic heterocycles. The van der Waals surface area contributed by atoms with Crippen molar-refractivity contribution in [2.75, 3.05) is 6.54 Å². The number of nitrogens with zero attached hydrogens (tertiary/aromatic N) is 1. The molecule has 14 heavy (non-hydrogen) atoms. The summed E-state index contributed by atoms with van der Waals surface area (Å²) in [7, 11) is 0. The molecule has 1 aliphatic carbocycles. The molecule has 0 spiro atoms. The van der Waals surface area contributed by atoms with E-state index in [0.717, 1.165) is 12.5 Å². The fraction of sp³-hybridized carbons (Fsp3) is 0.727. The molecule has 0 amide bonds. The van der Waals surface area contributed by atoms with Crippen molar-refractivity contribution in [3.63, 3.8) is 0 Å². The van der Waals surface area contributed by atoms with Crippen molar-refractivity contribution in [1.29, 1.82) is 0 Å². The topological polar surface area (TPSA) is 38.9 Å². The highest BCUT2D eigenvalue weighted by molar-refractivity contribution is 7.03. The standard InChI is InChI=1S/C11H18N2S/c1-8-2-3-9(7-12)10(6-8)11-4-5-14-13-11/h4-5,8-10H,2-3,6-7,12H2,1H3. The Labute approximate surface area is 89.7 Å². The maximum absolute atomic E-state index is 5.82. The summed E-state index contributed by atoms with van der Waals surface area (Å²) in [6.45, 7) is 3.15. The van der Waals surface area contributed by atoms with Crippen LogP contribution < -0.4 is 5.73 Å². The maximum atomic E-state index is 5.82. The van der Waals surface area contributed by atoms with Gasteiger partial charge < -0.3 is 5.73 Å². The zero-order chi connectivity index (χ0) is 9.97. The lowest BCUT2D eigenvalue weighted by atomic mass is 9.73. The smallest absolute Gasteiger partial charge is 0.0576 e. The molecule has 0 saturated heterocycles. The van der Waals surface area contributed by atoms with Gasteiger partial charge in [-0.05, 0) is 48.8 Å². The SMILES string of the molecule is CC1CCC(CN)C(c2ccsn2)C1. The molecule has 2 N–H and O–H groups in total. The van der Waals surface area contributed by atoms with Crippen LogP contribution in [0.15, 0.2) is 11.4 Å². The van der Waals surface area contributed by atoms with Gasteiger partial charge in [0.05, 0.1) is 5.69 Å². The van der Waals surface area contributed by atoms with Crippen LogP contribution in [-0.4, -0.2) is 10.9 Å². The molecular weight excluding hydrogens is 192 g/mol. The first-order valence-electron chi connectivity index (χ1n) is 5.41. The lowest BCUT2D eigenvalue weighted by molar-refractivity contribution is 0.251. The van der Waals surface area contributed by atoms with Crippen LogP contribution in [0.2, 0.25) is 0 Å². The van der Waals surface area contributed by atoms with Crippen LogP contribution >= 0.6 is 11.5 Å². The van der Waals surface area contributed by atoms with E-state index in [1.54, 1.807) is 11.5 Å². The highest BCUT2D eigenvalue weighted by Crippen LogP contribution is 2.39. The predicted octanol–water partition coefficient (Wildman–Crippen LogP) is 2.62. The molecule has 1 aromatic heterocycles. The molecule has 1 aliphatic rings. The van der Waals surface area contributed by atoms with Crippen molar-refractivity contribution in [3.8, 4) is 0 Å². The maximum Gasteiger partial charge on any atom is 0.0576 e. The van der Waals surface area contributed by atoms with Crippen molar-refractivity contribution >= 4 is 11.5 Å². The molecule has 3 unspecified atom stereocenters. The Morgan fingerprint density at radius 1 is 1.57 bits per heavy atom. The summed E-state index contributed by atoms with van der Waals surface area (Å²) in [6.07, 6.45) is 3.88. The Bertz CT molecular complexity index is 271. The Kier molecular flexibility index (Phi) is 3.19. The van der Waals surface area contributed by atoms with Crippen LogP contribution in [0.5, 0.6) is 0 Å². The first-order valence-corrected chi connectivity index (χ1v) is 6.25. The third-order valence-electron chi connectivity index (χ3n) is 3.40. The van der Waals surface area contributed by atoms with Crippen molar-refractivity contribution < 1.29 is 0 Å². The molecule has 1 fully saturated rings. The third kappa shape index (κ3) is 1.98. The van der Waals surface area contributed by atoms with Gasteiger partial charge >= 0.3 is 0 Å². The third-order valence-corrected chi connectivity index (χ3v) is 3.97. The monoisotopic (exact) mass is 210 g/mol. The van der Waals surface area contributed by atoms with Gasteiger partial charge in [-0.1, -0.05) is 13.3 Å². The van der Waals surface area contributed by atoms with Crippen LogP contribution in [0.4, 0.5) is 0 Å². The number of nitrogens with two attached hydrogens (primary N) is 1. The van der Waals surface area contributed by atoms with Crippen LogP contribution in [0.1, 0.15) is 37.8 Å². The molecular formula is C11H18N2S. The highest BCUT2D eigenvalue weighted by Gasteiger charge is 2.29. The second kappa shape index (κ2) is 4.41. The van der Waals surface area contributed by atoms with Gasteiger partial charge in [-0.15, -0.1) is 0 Å². The minimum absolute atomic E-state index is 0.620. The average molecular weight is 210 g/mol. The van der Waals surface area contributed by atoms with Crippen LogP contribution in [0.3, 0.4) is 0 Å². The molecule has 78 valence electrons. The fourth-order valence-electron chi connectivity index (χ4n) is 2.50. The van der Waals surface area contributed by atoms with Gasteiger partial charge in [-0.25, -0.2) is 0 Å². The second-order valence-electron chi connectivity index (χ2n) is 4.44. The molecule has 2 nitrogen and oxygen atoms in total. The van der Waals surface area contributed by atoms with Gasteiger partial charge in [0.1, 0.15) is 0 Å². The summed E-state index contributed by atoms with van der Waals surface area (Å²) in [4.78, 5) is 0. The van der Waals surface area contributed by atoms with E-state index >= 15 is 0 Å². The van der Waals surface area contributed by atoms with Gasteiger partial charge in [0.25, 0.3) is 0 Å². The van der Waals surface area contributed by atoms with Crippen molar-refractivity contribution in [1.82, 2.24) is 4.37 Å². The molecule has 1 heterocycles. The lowest BCUT2D eigenvalue weighted by Gasteiger charge is -2.33. The predicted molar refractivity (Wildman–Crippen MR) is 60.4 cm³/mol. The molecule has 1 saturated carbocycles. The van der Waals surface area contributed by atoms with Gasteiger partial charge in [-0.3, -0.25) is 0 Å². The van der Waals surface area contributed by atoms with E-state index < -0.39 is 0 Å². The van der Waals surface area contributed by atoms with E-state index in [-0.39, 0.29) is 0 Å². The molecule has 0 bridgehead atoms. The minimum Gasteiger partial charge on any atom is -0.330 e. The number of hydrogen-bond donors (Lipinski definition) is 1. The molecule has 3 heteroatoms. The summed E-state index contributed by atoms with van der Waals surface area (Å²) < 4.78 is 4.46. The van der Waals surface area contributed by atoms with Crippen LogP contribution in [0.25, 0.3) is 0 Å². The average Bonchev–Trinajstić information content (AvgIpc) is 2.70. The van der Waals surface area contributed by atoms with Gasteiger partial charge in [0, 0.05) is 11.3 Å². The summed E-state index contributed by atoms with van der Waals surface area (Å²) in [5, 5.41) is 2.07. The molecule has 3 atom stereocenters. The van der Waals surface area contributed by atoms with E-state index in [2.05, 4.69) is 22.7 Å². The second-order valence-corrected chi connectivity index (χ2v) is 5.11. The van der Waals surface area contributed by atoms with Crippen molar-refractivity contribution in [2.45, 2.75) is 32.1 Å². The Hall–Kier alpha value is -0.410. The number of aromatic nitrogens is 1. The highest BCUT2D eigenvalue weighted by atomic mass is 32.1. The summed E-state index contributed by atoms with van der Waals surface area (Å²) >= 11 is 1.56. The van der Waals surface area contributed by atoms with Gasteiger partial charge in [-0.2, -0.15) is 4.37 Å². The first-order chi connectivity index (χ1) is 6.81. The molecule has 0 radical (unpaired) electrons. The van der Waals surface area contributed by atoms with Crippen LogP contribution in [-0.2, 0) is 0 Å². The fourth-order valence-corrected chi connectivity index (χ4v) is 3.08. The summed E-state index contributed by atoms with van der Waals surface area (Å²) in [5.74, 6) is 2.12. The van der Waals surface area contributed by atoms with Gasteiger partial charge in [0.15, 0.2) is 0 Å². The number of hydrogen-bond acceptors (Lipinski definition) is 3. The Morgan fingerprint density at radius 3 is 3.07 bits per heavy atom. The quantitative estimate of drug-likeness (QED) is 0.815. The minimum atomic E-state index is 0.620. The largest absolute Gasteiger partial charge is 0.330 e. The van der Waals surface area contributed by atoms with Crippen molar-refractivity contribution in [3.05, 3.63) is 17.1 Å². The zero-order valence-electron chi connectivity index (χ0n) is 8.65. The van der Waals surface area contributed by atoms with E-state index in [1.165, 1.54) is 25.0 Å². The van der Waals surface area contributed by atoms with Crippen LogP contribution in [0, 0.1) is 11.8 Å². The lowest BCUT2D eigenvalue weighted by Crippen LogP contribution is -2.28.